The molecule has 0 unspecified atom stereocenters. The lowest BCUT2D eigenvalue weighted by atomic mass is 10.3. The van der Waals surface area contributed by atoms with E-state index in [9.17, 15) is 0 Å². The quantitative estimate of drug-likeness (QED) is 0.718. The molecule has 2 N–H and O–H groups in total. The number of nitrogens with one attached hydrogen (secondary N) is 2. The van der Waals surface area contributed by atoms with Crippen molar-refractivity contribution in [2.75, 3.05) is 6.54 Å². The number of hydrogen-bond acceptors (Lipinski definition) is 2. The van der Waals surface area contributed by atoms with Gasteiger partial charge < -0.3 is 5.32 Å². The van der Waals surface area contributed by atoms with Crippen LogP contribution in [-0.2, 0) is 13.0 Å². The summed E-state index contributed by atoms with van der Waals surface area (Å²) in [4.78, 5) is 0. The highest BCUT2D eigenvalue weighted by Gasteiger charge is 2.20. The molecule has 0 aliphatic heterocycles. The molecule has 0 bridgehead atoms. The van der Waals surface area contributed by atoms with E-state index in [1.165, 1.54) is 25.1 Å². The Morgan fingerprint density at radius 1 is 1.62 bits per heavy atom. The van der Waals surface area contributed by atoms with Crippen LogP contribution in [0.1, 0.15) is 31.2 Å². The first kappa shape index (κ1) is 8.75. The Bertz CT molecular complexity index is 263. The van der Waals surface area contributed by atoms with Gasteiger partial charge in [0.2, 0.25) is 0 Å². The van der Waals surface area contributed by atoms with Crippen LogP contribution in [0, 0.1) is 5.92 Å². The van der Waals surface area contributed by atoms with Gasteiger partial charge in [0.15, 0.2) is 0 Å². The van der Waals surface area contributed by atoms with Crippen molar-refractivity contribution in [2.45, 2.75) is 32.7 Å². The highest BCUT2D eigenvalue weighted by molar-refractivity contribution is 5.08. The molecule has 1 aliphatic carbocycles. The van der Waals surface area contributed by atoms with E-state index in [-0.39, 0.29) is 0 Å². The predicted octanol–water partition coefficient (Wildman–Crippen LogP) is 1.47. The Balaban J connectivity index is 1.72. The van der Waals surface area contributed by atoms with Gasteiger partial charge in [-0.15, -0.1) is 0 Å². The molecule has 3 nitrogen and oxygen atoms in total. The van der Waals surface area contributed by atoms with Crippen LogP contribution in [0.4, 0.5) is 0 Å². The monoisotopic (exact) mass is 179 g/mol. The van der Waals surface area contributed by atoms with Crippen molar-refractivity contribution in [3.8, 4) is 0 Å². The standard InChI is InChI=1S/C10H17N3/c1-2-9-5-10(13-12-9)7-11-6-8-3-4-8/h5,8,11H,2-4,6-7H2,1H3,(H,12,13). The van der Waals surface area contributed by atoms with Gasteiger partial charge >= 0.3 is 0 Å². The van der Waals surface area contributed by atoms with E-state index < -0.39 is 0 Å². The molecule has 1 aromatic heterocycles. The summed E-state index contributed by atoms with van der Waals surface area (Å²) in [7, 11) is 0. The Morgan fingerprint density at radius 2 is 2.46 bits per heavy atom. The maximum atomic E-state index is 4.18. The Hall–Kier alpha value is -0.830. The van der Waals surface area contributed by atoms with Gasteiger partial charge in [0, 0.05) is 12.2 Å². The van der Waals surface area contributed by atoms with Gasteiger partial charge in [-0.1, -0.05) is 6.92 Å². The summed E-state index contributed by atoms with van der Waals surface area (Å²) in [6.45, 7) is 4.22. The predicted molar refractivity (Wildman–Crippen MR) is 52.4 cm³/mol. The van der Waals surface area contributed by atoms with Crippen molar-refractivity contribution in [1.82, 2.24) is 15.5 Å². The smallest absolute Gasteiger partial charge is 0.0622 e. The van der Waals surface area contributed by atoms with Crippen LogP contribution in [0.2, 0.25) is 0 Å². The van der Waals surface area contributed by atoms with Crippen LogP contribution in [-0.4, -0.2) is 16.7 Å². The molecule has 1 aliphatic rings. The molecule has 0 radical (unpaired) electrons. The second kappa shape index (κ2) is 3.92. The van der Waals surface area contributed by atoms with Gasteiger partial charge in [-0.3, -0.25) is 5.10 Å². The third-order valence-corrected chi connectivity index (χ3v) is 2.49. The Kier molecular flexibility index (Phi) is 2.64. The summed E-state index contributed by atoms with van der Waals surface area (Å²) < 4.78 is 0. The number of aryl methyl sites for hydroxylation is 1. The third-order valence-electron chi connectivity index (χ3n) is 2.49. The minimum atomic E-state index is 0.934. The fraction of sp³-hybridized carbons (Fsp3) is 0.700. The van der Waals surface area contributed by atoms with Gasteiger partial charge in [-0.25, -0.2) is 0 Å². The number of rotatable bonds is 5. The summed E-state index contributed by atoms with van der Waals surface area (Å²) >= 11 is 0. The molecule has 3 heteroatoms. The number of aromatic amines is 1. The van der Waals surface area contributed by atoms with E-state index in [1.807, 2.05) is 0 Å². The zero-order valence-corrected chi connectivity index (χ0v) is 8.14. The minimum absolute atomic E-state index is 0.934. The molecule has 1 fully saturated rings. The highest BCUT2D eigenvalue weighted by atomic mass is 15.1. The minimum Gasteiger partial charge on any atom is -0.311 e. The van der Waals surface area contributed by atoms with Crippen molar-refractivity contribution >= 4 is 0 Å². The van der Waals surface area contributed by atoms with Crippen molar-refractivity contribution in [3.05, 3.63) is 17.5 Å². The molecule has 0 spiro atoms. The first-order valence-corrected chi connectivity index (χ1v) is 5.12. The molecule has 2 rings (SSSR count). The lowest BCUT2D eigenvalue weighted by molar-refractivity contribution is 0.629. The van der Waals surface area contributed by atoms with Crippen LogP contribution in [0.3, 0.4) is 0 Å². The molecule has 0 saturated heterocycles. The van der Waals surface area contributed by atoms with Crippen molar-refractivity contribution < 1.29 is 0 Å². The maximum Gasteiger partial charge on any atom is 0.0622 e. The lowest BCUT2D eigenvalue weighted by Gasteiger charge is -1.99. The molecule has 0 aromatic carbocycles. The van der Waals surface area contributed by atoms with Crippen molar-refractivity contribution in [2.24, 2.45) is 5.92 Å². The highest BCUT2D eigenvalue weighted by Crippen LogP contribution is 2.27. The molecule has 1 heterocycles. The molecule has 1 saturated carbocycles. The summed E-state index contributed by atoms with van der Waals surface area (Å²) in [5.74, 6) is 0.952. The first-order valence-electron chi connectivity index (χ1n) is 5.12. The van der Waals surface area contributed by atoms with E-state index >= 15 is 0 Å². The van der Waals surface area contributed by atoms with E-state index in [4.69, 9.17) is 0 Å². The van der Waals surface area contributed by atoms with Crippen molar-refractivity contribution in [3.63, 3.8) is 0 Å². The molecule has 13 heavy (non-hydrogen) atoms. The number of nitrogens with zero attached hydrogens (tertiary/aromatic N) is 1. The van der Waals surface area contributed by atoms with Crippen LogP contribution >= 0.6 is 0 Å². The normalized spacial score (nSPS) is 16.4. The van der Waals surface area contributed by atoms with E-state index in [2.05, 4.69) is 28.5 Å². The van der Waals surface area contributed by atoms with Crippen LogP contribution < -0.4 is 5.32 Å². The molecule has 0 atom stereocenters. The first-order chi connectivity index (χ1) is 6.38. The fourth-order valence-corrected chi connectivity index (χ4v) is 1.41. The molecule has 0 amide bonds. The zero-order valence-electron chi connectivity index (χ0n) is 8.14. The number of aromatic nitrogens is 2. The van der Waals surface area contributed by atoms with Crippen molar-refractivity contribution in [1.29, 1.82) is 0 Å². The largest absolute Gasteiger partial charge is 0.311 e. The fourth-order valence-electron chi connectivity index (χ4n) is 1.41. The number of H-pyrrole nitrogens is 1. The maximum absolute atomic E-state index is 4.18. The van der Waals surface area contributed by atoms with Gasteiger partial charge in [0.25, 0.3) is 0 Å². The molecule has 72 valence electrons. The van der Waals surface area contributed by atoms with E-state index in [1.54, 1.807) is 0 Å². The van der Waals surface area contributed by atoms with Crippen LogP contribution in [0.15, 0.2) is 6.07 Å². The summed E-state index contributed by atoms with van der Waals surface area (Å²) in [6, 6.07) is 2.14. The topological polar surface area (TPSA) is 40.7 Å². The number of hydrogen-bond donors (Lipinski definition) is 2. The lowest BCUT2D eigenvalue weighted by Crippen LogP contribution is -2.16. The van der Waals surface area contributed by atoms with E-state index in [0.717, 1.165) is 24.6 Å². The summed E-state index contributed by atoms with van der Waals surface area (Å²) in [6.07, 6.45) is 3.84. The van der Waals surface area contributed by atoms with Gasteiger partial charge in [0.1, 0.15) is 0 Å². The Labute approximate surface area is 78.9 Å². The molecular formula is C10H17N3. The van der Waals surface area contributed by atoms with Crippen LogP contribution in [0.5, 0.6) is 0 Å². The Morgan fingerprint density at radius 3 is 3.08 bits per heavy atom. The second-order valence-electron chi connectivity index (χ2n) is 3.81. The van der Waals surface area contributed by atoms with Gasteiger partial charge in [-0.05, 0) is 37.8 Å². The second-order valence-corrected chi connectivity index (χ2v) is 3.81. The summed E-state index contributed by atoms with van der Waals surface area (Å²) in [5, 5.41) is 10.7. The zero-order chi connectivity index (χ0) is 9.10. The average Bonchev–Trinajstić information content (AvgIpc) is 2.84. The third kappa shape index (κ3) is 2.56. The van der Waals surface area contributed by atoms with Gasteiger partial charge in [-0.2, -0.15) is 5.10 Å². The molecular weight excluding hydrogens is 162 g/mol. The SMILES string of the molecule is CCc1cc(CNCC2CC2)[nH]n1. The molecule has 1 aromatic rings. The van der Waals surface area contributed by atoms with Gasteiger partial charge in [0.05, 0.1) is 5.69 Å². The van der Waals surface area contributed by atoms with E-state index in [0.29, 0.717) is 0 Å². The average molecular weight is 179 g/mol. The van der Waals surface area contributed by atoms with Crippen LogP contribution in [0.25, 0.3) is 0 Å². The summed E-state index contributed by atoms with van der Waals surface area (Å²) in [5.41, 5.74) is 2.36.